The Balaban J connectivity index is 1.31. The highest BCUT2D eigenvalue weighted by Gasteiger charge is 2.23. The van der Waals surface area contributed by atoms with Crippen LogP contribution in [-0.4, -0.2) is 19.1 Å². The lowest BCUT2D eigenvalue weighted by Crippen LogP contribution is -1.99. The zero-order valence-electron chi connectivity index (χ0n) is 30.4. The Kier molecular flexibility index (Phi) is 7.46. The molecule has 4 aromatic heterocycles. The first-order valence-corrected chi connectivity index (χ1v) is 19.0. The van der Waals surface area contributed by atoms with Crippen molar-refractivity contribution in [2.45, 2.75) is 0 Å². The van der Waals surface area contributed by atoms with Crippen LogP contribution >= 0.6 is 0 Å². The average molecular weight is 715 g/mol. The Morgan fingerprint density at radius 2 is 0.732 bits per heavy atom. The highest BCUT2D eigenvalue weighted by Crippen LogP contribution is 2.44. The molecule has 11 aromatic rings. The molecule has 0 aliphatic heterocycles. The molecule has 4 nitrogen and oxygen atoms in total. The quantitative estimate of drug-likeness (QED) is 0.172. The predicted octanol–water partition coefficient (Wildman–Crippen LogP) is 13.3. The molecule has 0 aliphatic carbocycles. The number of para-hydroxylation sites is 1. The molecule has 0 unspecified atom stereocenters. The van der Waals surface area contributed by atoms with Gasteiger partial charge in [0.1, 0.15) is 0 Å². The highest BCUT2D eigenvalue weighted by atomic mass is 15.0. The summed E-state index contributed by atoms with van der Waals surface area (Å²) in [6.45, 7) is 0. The van der Waals surface area contributed by atoms with Gasteiger partial charge in [0, 0.05) is 56.4 Å². The Morgan fingerprint density at radius 1 is 0.286 bits per heavy atom. The van der Waals surface area contributed by atoms with E-state index in [4.69, 9.17) is 9.97 Å². The van der Waals surface area contributed by atoms with Gasteiger partial charge in [-0.05, 0) is 101 Å². The first-order chi connectivity index (χ1) is 27.8. The van der Waals surface area contributed by atoms with Crippen molar-refractivity contribution < 1.29 is 0 Å². The van der Waals surface area contributed by atoms with Crippen molar-refractivity contribution in [3.05, 3.63) is 207 Å². The largest absolute Gasteiger partial charge is 0.307 e. The molecule has 7 aromatic carbocycles. The van der Waals surface area contributed by atoms with Gasteiger partial charge in [0.05, 0.1) is 33.5 Å². The second-order valence-electron chi connectivity index (χ2n) is 14.3. The van der Waals surface area contributed by atoms with E-state index in [9.17, 15) is 0 Å². The van der Waals surface area contributed by atoms with Crippen LogP contribution < -0.4 is 0 Å². The van der Waals surface area contributed by atoms with E-state index in [1.54, 1.807) is 0 Å². The maximum atomic E-state index is 4.74. The van der Waals surface area contributed by atoms with Gasteiger partial charge in [-0.1, -0.05) is 115 Å². The van der Waals surface area contributed by atoms with Crippen molar-refractivity contribution in [2.75, 3.05) is 0 Å². The van der Waals surface area contributed by atoms with Crippen molar-refractivity contribution in [3.63, 3.8) is 0 Å². The average Bonchev–Trinajstić information content (AvgIpc) is 3.80. The minimum atomic E-state index is 0.953. The standard InChI is InChI=1S/C52H34N4/c1-4-14-35(15-5-1)39-30-40(36-16-6-2-7-17-36)32-42(31-39)56-50-27-23-38(48-21-11-13-29-54-48)34-46(50)44-25-24-43-45-33-37(47-20-10-12-28-53-47)22-26-49(45)55(51(43)52(44)56)41-18-8-3-9-19-41/h1-34H. The molecule has 0 spiro atoms. The van der Waals surface area contributed by atoms with Gasteiger partial charge in [-0.3, -0.25) is 9.97 Å². The summed E-state index contributed by atoms with van der Waals surface area (Å²) < 4.78 is 4.94. The SMILES string of the molecule is c1ccc(-c2cc(-c3ccccc3)cc(-n3c4ccc(-c5ccccn5)cc4c4ccc5c6cc(-c7ccccn7)ccc6n(-c6ccccc6)c5c43)c2)cc1. The van der Waals surface area contributed by atoms with Gasteiger partial charge in [-0.2, -0.15) is 0 Å². The number of benzene rings is 7. The Hall–Kier alpha value is -7.56. The molecule has 56 heavy (non-hydrogen) atoms. The molecule has 0 saturated carbocycles. The molecule has 0 amide bonds. The molecule has 262 valence electrons. The molecule has 0 saturated heterocycles. The van der Waals surface area contributed by atoms with Crippen LogP contribution in [0, 0.1) is 0 Å². The third kappa shape index (κ3) is 5.23. The molecular formula is C52H34N4. The summed E-state index contributed by atoms with van der Waals surface area (Å²) in [6.07, 6.45) is 3.73. The summed E-state index contributed by atoms with van der Waals surface area (Å²) in [5.41, 5.74) is 15.6. The Bertz CT molecular complexity index is 3150. The minimum absolute atomic E-state index is 0.953. The van der Waals surface area contributed by atoms with E-state index in [0.717, 1.165) is 67.1 Å². The highest BCUT2D eigenvalue weighted by molar-refractivity contribution is 6.24. The van der Waals surface area contributed by atoms with E-state index in [-0.39, 0.29) is 0 Å². The fraction of sp³-hybridized carbons (Fsp3) is 0. The number of fused-ring (bicyclic) bond motifs is 7. The van der Waals surface area contributed by atoms with Crippen LogP contribution in [0.2, 0.25) is 0 Å². The lowest BCUT2D eigenvalue weighted by Gasteiger charge is -2.16. The molecule has 0 atom stereocenters. The Morgan fingerprint density at radius 3 is 1.20 bits per heavy atom. The van der Waals surface area contributed by atoms with Gasteiger partial charge < -0.3 is 9.13 Å². The zero-order chi connectivity index (χ0) is 37.0. The van der Waals surface area contributed by atoms with Crippen molar-refractivity contribution >= 4 is 43.6 Å². The topological polar surface area (TPSA) is 35.6 Å². The summed E-state index contributed by atoms with van der Waals surface area (Å²) in [6, 6.07) is 69.6. The second kappa shape index (κ2) is 13.1. The normalized spacial score (nSPS) is 11.6. The number of nitrogens with zero attached hydrogens (tertiary/aromatic N) is 4. The summed E-state index contributed by atoms with van der Waals surface area (Å²) in [7, 11) is 0. The molecule has 0 N–H and O–H groups in total. The number of aromatic nitrogens is 4. The third-order valence-corrected chi connectivity index (χ3v) is 11.0. The second-order valence-corrected chi connectivity index (χ2v) is 14.3. The smallest absolute Gasteiger partial charge is 0.0788 e. The summed E-state index contributed by atoms with van der Waals surface area (Å²) >= 11 is 0. The van der Waals surface area contributed by atoms with Crippen molar-refractivity contribution in [2.24, 2.45) is 0 Å². The van der Waals surface area contributed by atoms with E-state index in [2.05, 4.69) is 185 Å². The number of rotatable bonds is 6. The van der Waals surface area contributed by atoms with Crippen molar-refractivity contribution in [1.82, 2.24) is 19.1 Å². The molecular weight excluding hydrogens is 681 g/mol. The van der Waals surface area contributed by atoms with Gasteiger partial charge in [0.15, 0.2) is 0 Å². The molecule has 0 fully saturated rings. The molecule has 11 rings (SSSR count). The van der Waals surface area contributed by atoms with Crippen molar-refractivity contribution in [1.29, 1.82) is 0 Å². The van der Waals surface area contributed by atoms with Gasteiger partial charge in [-0.15, -0.1) is 0 Å². The van der Waals surface area contributed by atoms with Crippen LogP contribution in [0.3, 0.4) is 0 Å². The fourth-order valence-electron chi connectivity index (χ4n) is 8.44. The molecule has 0 bridgehead atoms. The van der Waals surface area contributed by atoms with Crippen LogP contribution in [0.15, 0.2) is 207 Å². The first kappa shape index (κ1) is 31.9. The van der Waals surface area contributed by atoms with Crippen LogP contribution in [0.4, 0.5) is 0 Å². The number of pyridine rings is 2. The molecule has 4 heteroatoms. The first-order valence-electron chi connectivity index (χ1n) is 19.0. The van der Waals surface area contributed by atoms with Gasteiger partial charge in [0.25, 0.3) is 0 Å². The maximum absolute atomic E-state index is 4.74. The number of hydrogen-bond donors (Lipinski definition) is 0. The summed E-state index contributed by atoms with van der Waals surface area (Å²) in [5, 5.41) is 4.73. The van der Waals surface area contributed by atoms with E-state index in [0.29, 0.717) is 0 Å². The van der Waals surface area contributed by atoms with Gasteiger partial charge in [0.2, 0.25) is 0 Å². The van der Waals surface area contributed by atoms with Crippen LogP contribution in [-0.2, 0) is 0 Å². The summed E-state index contributed by atoms with van der Waals surface area (Å²) in [5.74, 6) is 0. The van der Waals surface area contributed by atoms with Crippen LogP contribution in [0.5, 0.6) is 0 Å². The number of hydrogen-bond acceptors (Lipinski definition) is 2. The van der Waals surface area contributed by atoms with Gasteiger partial charge >= 0.3 is 0 Å². The van der Waals surface area contributed by atoms with E-state index in [1.165, 1.54) is 32.7 Å². The summed E-state index contributed by atoms with van der Waals surface area (Å²) in [4.78, 5) is 9.46. The molecule has 4 heterocycles. The molecule has 0 radical (unpaired) electrons. The zero-order valence-corrected chi connectivity index (χ0v) is 30.4. The Labute approximate surface area is 324 Å². The lowest BCUT2D eigenvalue weighted by atomic mass is 9.98. The lowest BCUT2D eigenvalue weighted by molar-refractivity contribution is 1.15. The minimum Gasteiger partial charge on any atom is -0.307 e. The predicted molar refractivity (Wildman–Crippen MR) is 232 cm³/mol. The van der Waals surface area contributed by atoms with E-state index < -0.39 is 0 Å². The third-order valence-electron chi connectivity index (χ3n) is 11.0. The van der Waals surface area contributed by atoms with Crippen LogP contribution in [0.1, 0.15) is 0 Å². The van der Waals surface area contributed by atoms with Crippen molar-refractivity contribution in [3.8, 4) is 56.1 Å². The van der Waals surface area contributed by atoms with E-state index in [1.807, 2.05) is 30.6 Å². The van der Waals surface area contributed by atoms with Gasteiger partial charge in [-0.25, -0.2) is 0 Å². The van der Waals surface area contributed by atoms with E-state index >= 15 is 0 Å². The molecule has 0 aliphatic rings. The fourth-order valence-corrected chi connectivity index (χ4v) is 8.44. The maximum Gasteiger partial charge on any atom is 0.0788 e. The van der Waals surface area contributed by atoms with Crippen LogP contribution in [0.25, 0.3) is 99.8 Å². The monoisotopic (exact) mass is 714 g/mol.